The Morgan fingerprint density at radius 3 is 2.82 bits per heavy atom. The topological polar surface area (TPSA) is 49.3 Å². The molecule has 3 heteroatoms. The van der Waals surface area contributed by atoms with Gasteiger partial charge in [0.15, 0.2) is 0 Å². The zero-order chi connectivity index (χ0) is 15.4. The van der Waals surface area contributed by atoms with Crippen molar-refractivity contribution in [3.63, 3.8) is 0 Å². The zero-order valence-corrected chi connectivity index (χ0v) is 12.5. The van der Waals surface area contributed by atoms with E-state index in [1.54, 1.807) is 0 Å². The molecule has 3 rings (SSSR count). The molecule has 22 heavy (non-hydrogen) atoms. The summed E-state index contributed by atoms with van der Waals surface area (Å²) in [6.07, 6.45) is 6.16. The van der Waals surface area contributed by atoms with E-state index < -0.39 is 6.10 Å². The van der Waals surface area contributed by atoms with Crippen molar-refractivity contribution in [1.29, 1.82) is 0 Å². The Morgan fingerprint density at radius 2 is 2.00 bits per heavy atom. The molecule has 114 valence electrons. The summed E-state index contributed by atoms with van der Waals surface area (Å²) >= 11 is 0. The van der Waals surface area contributed by atoms with E-state index in [1.165, 1.54) is 0 Å². The molecule has 0 radical (unpaired) electrons. The van der Waals surface area contributed by atoms with Crippen LogP contribution in [0.4, 0.5) is 0 Å². The average molecular weight is 295 g/mol. The van der Waals surface area contributed by atoms with Gasteiger partial charge in [0.25, 0.3) is 0 Å². The van der Waals surface area contributed by atoms with Crippen LogP contribution in [0.5, 0.6) is 0 Å². The number of amides is 1. The second kappa shape index (κ2) is 6.75. The van der Waals surface area contributed by atoms with E-state index >= 15 is 0 Å². The summed E-state index contributed by atoms with van der Waals surface area (Å²) in [4.78, 5) is 12.1. The molecule has 1 amide bonds. The monoisotopic (exact) mass is 295 g/mol. The van der Waals surface area contributed by atoms with E-state index in [2.05, 4.69) is 17.5 Å². The number of fused-ring (bicyclic) bond motifs is 1. The fourth-order valence-corrected chi connectivity index (χ4v) is 3.02. The average Bonchev–Trinajstić information content (AvgIpc) is 2.59. The molecule has 1 aliphatic rings. The van der Waals surface area contributed by atoms with Crippen LogP contribution in [0.1, 0.15) is 30.9 Å². The molecule has 0 bridgehead atoms. The molecular weight excluding hydrogens is 274 g/mol. The maximum atomic E-state index is 12.1. The number of benzene rings is 2. The fraction of sp³-hybridized carbons (Fsp3) is 0.316. The molecular formula is C19H21NO2. The summed E-state index contributed by atoms with van der Waals surface area (Å²) in [5.41, 5.74) is 0.863. The zero-order valence-electron chi connectivity index (χ0n) is 12.5. The van der Waals surface area contributed by atoms with Crippen molar-refractivity contribution in [2.45, 2.75) is 25.4 Å². The Balaban J connectivity index is 1.67. The fourth-order valence-electron chi connectivity index (χ4n) is 3.02. The highest BCUT2D eigenvalue weighted by atomic mass is 16.3. The summed E-state index contributed by atoms with van der Waals surface area (Å²) in [5.74, 6) is 0.0911. The third kappa shape index (κ3) is 3.20. The normalized spacial score (nSPS) is 19.0. The van der Waals surface area contributed by atoms with Crippen LogP contribution in [0.2, 0.25) is 0 Å². The Bertz CT molecular complexity index is 687. The first kappa shape index (κ1) is 14.8. The molecule has 2 atom stereocenters. The molecule has 2 aromatic carbocycles. The number of carbonyl (C=O) groups excluding carboxylic acids is 1. The van der Waals surface area contributed by atoms with Gasteiger partial charge in [-0.05, 0) is 35.6 Å². The lowest BCUT2D eigenvalue weighted by molar-refractivity contribution is -0.125. The quantitative estimate of drug-likeness (QED) is 0.850. The number of allylic oxidation sites excluding steroid dienone is 2. The van der Waals surface area contributed by atoms with E-state index in [4.69, 9.17) is 0 Å². The highest BCUT2D eigenvalue weighted by Crippen LogP contribution is 2.24. The van der Waals surface area contributed by atoms with Crippen LogP contribution in [0, 0.1) is 5.92 Å². The first-order valence-electron chi connectivity index (χ1n) is 7.84. The lowest BCUT2D eigenvalue weighted by atomic mass is 9.93. The predicted octanol–water partition coefficient (Wildman–Crippen LogP) is 3.35. The molecule has 0 aromatic heterocycles. The van der Waals surface area contributed by atoms with Crippen LogP contribution >= 0.6 is 0 Å². The number of hydrogen-bond donors (Lipinski definition) is 2. The second-order valence-corrected chi connectivity index (χ2v) is 5.81. The van der Waals surface area contributed by atoms with Crippen LogP contribution in [-0.4, -0.2) is 17.6 Å². The van der Waals surface area contributed by atoms with Gasteiger partial charge in [0.05, 0.1) is 6.10 Å². The van der Waals surface area contributed by atoms with Gasteiger partial charge in [-0.1, -0.05) is 54.6 Å². The van der Waals surface area contributed by atoms with Gasteiger partial charge in [0.2, 0.25) is 5.91 Å². The Hall–Kier alpha value is -2.13. The Kier molecular flexibility index (Phi) is 4.54. The van der Waals surface area contributed by atoms with E-state index in [9.17, 15) is 9.90 Å². The molecule has 0 fully saturated rings. The number of aliphatic hydroxyl groups is 1. The lowest BCUT2D eigenvalue weighted by Gasteiger charge is -2.19. The molecule has 3 nitrogen and oxygen atoms in total. The minimum Gasteiger partial charge on any atom is -0.387 e. The summed E-state index contributed by atoms with van der Waals surface area (Å²) in [7, 11) is 0. The summed E-state index contributed by atoms with van der Waals surface area (Å²) in [5, 5.41) is 15.5. The SMILES string of the molecule is O=C(NC[C@@H](O)c1cccc2ccccc12)[C@H]1CC=CCC1. The van der Waals surface area contributed by atoms with Crippen LogP contribution in [-0.2, 0) is 4.79 Å². The minimum absolute atomic E-state index is 0.0450. The third-order valence-electron chi connectivity index (χ3n) is 4.29. The largest absolute Gasteiger partial charge is 0.387 e. The number of nitrogens with one attached hydrogen (secondary N) is 1. The first-order chi connectivity index (χ1) is 10.8. The second-order valence-electron chi connectivity index (χ2n) is 5.81. The van der Waals surface area contributed by atoms with Crippen molar-refractivity contribution < 1.29 is 9.90 Å². The van der Waals surface area contributed by atoms with Gasteiger partial charge in [-0.25, -0.2) is 0 Å². The number of aliphatic hydroxyl groups excluding tert-OH is 1. The van der Waals surface area contributed by atoms with Gasteiger partial charge in [0.1, 0.15) is 0 Å². The lowest BCUT2D eigenvalue weighted by Crippen LogP contribution is -2.34. The van der Waals surface area contributed by atoms with Crippen molar-refractivity contribution >= 4 is 16.7 Å². The molecule has 0 saturated heterocycles. The number of carbonyl (C=O) groups is 1. The van der Waals surface area contributed by atoms with Crippen molar-refractivity contribution in [1.82, 2.24) is 5.32 Å². The van der Waals surface area contributed by atoms with E-state index in [-0.39, 0.29) is 18.4 Å². The first-order valence-corrected chi connectivity index (χ1v) is 7.84. The van der Waals surface area contributed by atoms with Gasteiger partial charge < -0.3 is 10.4 Å². The summed E-state index contributed by atoms with van der Waals surface area (Å²) < 4.78 is 0. The maximum absolute atomic E-state index is 12.1. The van der Waals surface area contributed by atoms with Gasteiger partial charge in [-0.15, -0.1) is 0 Å². The van der Waals surface area contributed by atoms with Crippen LogP contribution in [0.15, 0.2) is 54.6 Å². The Morgan fingerprint density at radius 1 is 1.18 bits per heavy atom. The number of rotatable bonds is 4. The van der Waals surface area contributed by atoms with E-state index in [0.29, 0.717) is 0 Å². The highest BCUT2D eigenvalue weighted by Gasteiger charge is 2.20. The standard InChI is InChI=1S/C19H21NO2/c21-18(13-20-19(22)15-8-2-1-3-9-15)17-12-6-10-14-7-4-5-11-16(14)17/h1-2,4-7,10-12,15,18,21H,3,8-9,13H2,(H,20,22)/t15-,18+/m0/s1. The van der Waals surface area contributed by atoms with Crippen LogP contribution in [0.25, 0.3) is 10.8 Å². The number of hydrogen-bond acceptors (Lipinski definition) is 2. The van der Waals surface area contributed by atoms with Crippen molar-refractivity contribution in [2.75, 3.05) is 6.54 Å². The predicted molar refractivity (Wildman–Crippen MR) is 88.4 cm³/mol. The molecule has 0 heterocycles. The summed E-state index contributed by atoms with van der Waals surface area (Å²) in [6, 6.07) is 13.9. The van der Waals surface area contributed by atoms with Crippen molar-refractivity contribution in [2.24, 2.45) is 5.92 Å². The van der Waals surface area contributed by atoms with E-state index in [0.717, 1.165) is 35.6 Å². The molecule has 0 saturated carbocycles. The molecule has 1 aliphatic carbocycles. The minimum atomic E-state index is -0.686. The maximum Gasteiger partial charge on any atom is 0.223 e. The van der Waals surface area contributed by atoms with Gasteiger partial charge in [-0.3, -0.25) is 4.79 Å². The molecule has 0 unspecified atom stereocenters. The van der Waals surface area contributed by atoms with Crippen LogP contribution < -0.4 is 5.32 Å². The molecule has 0 aliphatic heterocycles. The Labute approximate surface area is 130 Å². The molecule has 2 N–H and O–H groups in total. The summed E-state index contributed by atoms with van der Waals surface area (Å²) in [6.45, 7) is 0.257. The van der Waals surface area contributed by atoms with Gasteiger partial charge in [0, 0.05) is 12.5 Å². The molecule has 2 aromatic rings. The smallest absolute Gasteiger partial charge is 0.223 e. The van der Waals surface area contributed by atoms with E-state index in [1.807, 2.05) is 42.5 Å². The molecule has 0 spiro atoms. The van der Waals surface area contributed by atoms with Crippen molar-refractivity contribution in [3.8, 4) is 0 Å². The van der Waals surface area contributed by atoms with Crippen molar-refractivity contribution in [3.05, 3.63) is 60.2 Å². The third-order valence-corrected chi connectivity index (χ3v) is 4.29. The highest BCUT2D eigenvalue weighted by molar-refractivity contribution is 5.86. The van der Waals surface area contributed by atoms with Gasteiger partial charge >= 0.3 is 0 Å². The van der Waals surface area contributed by atoms with Gasteiger partial charge in [-0.2, -0.15) is 0 Å². The van der Waals surface area contributed by atoms with Crippen LogP contribution in [0.3, 0.4) is 0 Å².